The summed E-state index contributed by atoms with van der Waals surface area (Å²) in [7, 11) is -3.31. The van der Waals surface area contributed by atoms with Crippen LogP contribution in [0.2, 0.25) is 0 Å². The zero-order valence-corrected chi connectivity index (χ0v) is 17.2. The molecular weight excluding hydrogens is 362 g/mol. The van der Waals surface area contributed by atoms with Gasteiger partial charge in [-0.15, -0.1) is 0 Å². The molecule has 150 valence electrons. The van der Waals surface area contributed by atoms with Gasteiger partial charge in [-0.3, -0.25) is 9.69 Å². The second kappa shape index (κ2) is 8.71. The second-order valence-corrected chi connectivity index (χ2v) is 9.82. The summed E-state index contributed by atoms with van der Waals surface area (Å²) >= 11 is 0. The Morgan fingerprint density at radius 2 is 1.59 bits per heavy atom. The number of hydrogen-bond donors (Lipinski definition) is 0. The van der Waals surface area contributed by atoms with Gasteiger partial charge in [0.2, 0.25) is 15.9 Å². The Labute approximate surface area is 163 Å². The lowest BCUT2D eigenvalue weighted by Gasteiger charge is -2.41. The van der Waals surface area contributed by atoms with Gasteiger partial charge in [-0.25, -0.2) is 8.42 Å². The fourth-order valence-electron chi connectivity index (χ4n) is 4.23. The van der Waals surface area contributed by atoms with E-state index in [1.165, 1.54) is 6.42 Å². The number of likely N-dealkylation sites (tertiary alicyclic amines) is 1. The van der Waals surface area contributed by atoms with Gasteiger partial charge in [0.1, 0.15) is 0 Å². The summed E-state index contributed by atoms with van der Waals surface area (Å²) in [5.41, 5.74) is 0.809. The van der Waals surface area contributed by atoms with Crippen molar-refractivity contribution in [3.05, 3.63) is 35.9 Å². The van der Waals surface area contributed by atoms with Crippen molar-refractivity contribution in [2.24, 2.45) is 0 Å². The van der Waals surface area contributed by atoms with Gasteiger partial charge in [-0.2, -0.15) is 4.31 Å². The second-order valence-electron chi connectivity index (χ2n) is 7.85. The first-order valence-electron chi connectivity index (χ1n) is 9.92. The van der Waals surface area contributed by atoms with Crippen molar-refractivity contribution in [2.75, 3.05) is 32.7 Å². The van der Waals surface area contributed by atoms with Crippen molar-refractivity contribution in [3.8, 4) is 0 Å². The van der Waals surface area contributed by atoms with E-state index in [0.29, 0.717) is 44.8 Å². The summed E-state index contributed by atoms with van der Waals surface area (Å²) < 4.78 is 26.9. The molecule has 2 aliphatic rings. The molecule has 0 spiro atoms. The minimum absolute atomic E-state index is 0.0373. The summed E-state index contributed by atoms with van der Waals surface area (Å²) in [6.45, 7) is 6.76. The Morgan fingerprint density at radius 3 is 2.19 bits per heavy atom. The molecule has 3 rings (SSSR count). The Bertz CT molecular complexity index is 720. The fourth-order valence-corrected chi connectivity index (χ4v) is 5.74. The van der Waals surface area contributed by atoms with E-state index in [4.69, 9.17) is 0 Å². The summed E-state index contributed by atoms with van der Waals surface area (Å²) in [5.74, 6) is 0.213. The molecule has 0 unspecified atom stereocenters. The van der Waals surface area contributed by atoms with E-state index < -0.39 is 10.0 Å². The average molecular weight is 394 g/mol. The van der Waals surface area contributed by atoms with E-state index in [1.807, 2.05) is 35.2 Å². The maximum atomic E-state index is 12.8. The van der Waals surface area contributed by atoms with Gasteiger partial charge in [0, 0.05) is 38.3 Å². The molecule has 7 heteroatoms. The maximum absolute atomic E-state index is 12.8. The van der Waals surface area contributed by atoms with Gasteiger partial charge < -0.3 is 4.90 Å². The van der Waals surface area contributed by atoms with Gasteiger partial charge in [0.25, 0.3) is 0 Å². The van der Waals surface area contributed by atoms with E-state index in [2.05, 4.69) is 18.7 Å². The van der Waals surface area contributed by atoms with Crippen molar-refractivity contribution in [2.45, 2.75) is 50.9 Å². The highest BCUT2D eigenvalue weighted by Gasteiger charge is 2.32. The largest absolute Gasteiger partial charge is 0.336 e. The molecule has 2 atom stereocenters. The molecule has 1 amide bonds. The van der Waals surface area contributed by atoms with Crippen molar-refractivity contribution in [3.63, 3.8) is 0 Å². The van der Waals surface area contributed by atoms with E-state index in [1.54, 1.807) is 4.31 Å². The van der Waals surface area contributed by atoms with Crippen LogP contribution in [0, 0.1) is 0 Å². The maximum Gasteiger partial charge on any atom is 0.237 e. The van der Waals surface area contributed by atoms with Crippen LogP contribution in [0.25, 0.3) is 0 Å². The van der Waals surface area contributed by atoms with E-state index >= 15 is 0 Å². The highest BCUT2D eigenvalue weighted by atomic mass is 32.2. The number of piperidine rings is 1. The monoisotopic (exact) mass is 393 g/mol. The zero-order valence-electron chi connectivity index (χ0n) is 16.4. The standard InChI is InChI=1S/C20H31N3O3S/c1-17-7-6-8-18(2)23(17)20(24)15-21-11-13-22(14-12-21)27(25,26)16-19-9-4-3-5-10-19/h3-5,9-10,17-18H,6-8,11-16H2,1-2H3/t17-,18-/m0/s1. The minimum Gasteiger partial charge on any atom is -0.336 e. The number of nitrogens with zero attached hydrogens (tertiary/aromatic N) is 3. The third kappa shape index (κ3) is 5.09. The first-order valence-corrected chi connectivity index (χ1v) is 11.5. The smallest absolute Gasteiger partial charge is 0.237 e. The fraction of sp³-hybridized carbons (Fsp3) is 0.650. The lowest BCUT2D eigenvalue weighted by Crippen LogP contribution is -2.54. The van der Waals surface area contributed by atoms with Crippen LogP contribution in [0.3, 0.4) is 0 Å². The first-order chi connectivity index (χ1) is 12.9. The Kier molecular flexibility index (Phi) is 6.55. The molecule has 6 nitrogen and oxygen atoms in total. The molecule has 2 aliphatic heterocycles. The van der Waals surface area contributed by atoms with E-state index in [0.717, 1.165) is 18.4 Å². The summed E-state index contributed by atoms with van der Waals surface area (Å²) in [5, 5.41) is 0. The number of hydrogen-bond acceptors (Lipinski definition) is 4. The number of carbonyl (C=O) groups excluding carboxylic acids is 1. The predicted molar refractivity (Wildman–Crippen MR) is 107 cm³/mol. The van der Waals surface area contributed by atoms with Gasteiger partial charge in [0.05, 0.1) is 12.3 Å². The van der Waals surface area contributed by atoms with Crippen LogP contribution >= 0.6 is 0 Å². The number of sulfonamides is 1. The van der Waals surface area contributed by atoms with Gasteiger partial charge in [0.15, 0.2) is 0 Å². The quantitative estimate of drug-likeness (QED) is 0.767. The summed E-state index contributed by atoms with van der Waals surface area (Å²) in [6.07, 6.45) is 3.33. The van der Waals surface area contributed by atoms with Crippen molar-refractivity contribution in [1.82, 2.24) is 14.1 Å². The number of rotatable bonds is 5. The Morgan fingerprint density at radius 1 is 1.00 bits per heavy atom. The van der Waals surface area contributed by atoms with Crippen LogP contribution in [0.5, 0.6) is 0 Å². The molecule has 0 N–H and O–H groups in total. The van der Waals surface area contributed by atoms with Gasteiger partial charge in [-0.05, 0) is 38.7 Å². The Balaban J connectivity index is 1.52. The van der Waals surface area contributed by atoms with E-state index in [9.17, 15) is 13.2 Å². The molecular formula is C20H31N3O3S. The molecule has 1 aromatic rings. The number of carbonyl (C=O) groups is 1. The lowest BCUT2D eigenvalue weighted by atomic mass is 9.97. The first kappa shape index (κ1) is 20.3. The molecule has 2 fully saturated rings. The Hall–Kier alpha value is -1.44. The number of piperazine rings is 1. The molecule has 27 heavy (non-hydrogen) atoms. The van der Waals surface area contributed by atoms with Crippen LogP contribution < -0.4 is 0 Å². The molecule has 0 bridgehead atoms. The van der Waals surface area contributed by atoms with Gasteiger partial charge >= 0.3 is 0 Å². The lowest BCUT2D eigenvalue weighted by molar-refractivity contribution is -0.138. The molecule has 0 aromatic heterocycles. The summed E-state index contributed by atoms with van der Waals surface area (Å²) in [6, 6.07) is 9.88. The van der Waals surface area contributed by atoms with Crippen molar-refractivity contribution in [1.29, 1.82) is 0 Å². The van der Waals surface area contributed by atoms with Crippen LogP contribution in [-0.2, 0) is 20.6 Å². The minimum atomic E-state index is -3.31. The molecule has 0 saturated carbocycles. The number of benzene rings is 1. The molecule has 0 aliphatic carbocycles. The third-order valence-corrected chi connectivity index (χ3v) is 7.61. The third-order valence-electron chi connectivity index (χ3n) is 5.76. The van der Waals surface area contributed by atoms with Crippen LogP contribution in [0.15, 0.2) is 30.3 Å². The molecule has 2 heterocycles. The topological polar surface area (TPSA) is 60.9 Å². The molecule has 1 aromatic carbocycles. The van der Waals surface area contributed by atoms with Crippen LogP contribution in [0.4, 0.5) is 0 Å². The normalized spacial score (nSPS) is 25.5. The number of amides is 1. The highest BCUT2D eigenvalue weighted by Crippen LogP contribution is 2.23. The molecule has 2 saturated heterocycles. The van der Waals surface area contributed by atoms with Crippen LogP contribution in [-0.4, -0.2) is 73.2 Å². The summed E-state index contributed by atoms with van der Waals surface area (Å²) in [4.78, 5) is 16.9. The SMILES string of the molecule is C[C@H]1CCC[C@H](C)N1C(=O)CN1CCN(S(=O)(=O)Cc2ccccc2)CC1. The average Bonchev–Trinajstić information content (AvgIpc) is 2.62. The van der Waals surface area contributed by atoms with Crippen molar-refractivity contribution >= 4 is 15.9 Å². The van der Waals surface area contributed by atoms with Crippen LogP contribution in [0.1, 0.15) is 38.7 Å². The highest BCUT2D eigenvalue weighted by molar-refractivity contribution is 7.88. The van der Waals surface area contributed by atoms with Crippen molar-refractivity contribution < 1.29 is 13.2 Å². The van der Waals surface area contributed by atoms with Gasteiger partial charge in [-0.1, -0.05) is 30.3 Å². The van der Waals surface area contributed by atoms with E-state index in [-0.39, 0.29) is 11.7 Å². The predicted octanol–water partition coefficient (Wildman–Crippen LogP) is 1.92. The molecule has 0 radical (unpaired) electrons. The zero-order chi connectivity index (χ0) is 19.4.